The molecule has 9 heteroatoms. The highest BCUT2D eigenvalue weighted by Gasteiger charge is 2.24. The van der Waals surface area contributed by atoms with Crippen LogP contribution in [0.4, 0.5) is 0 Å². The van der Waals surface area contributed by atoms with E-state index in [4.69, 9.17) is 0 Å². The van der Waals surface area contributed by atoms with E-state index in [2.05, 4.69) is 51.4 Å². The first-order chi connectivity index (χ1) is 26.5. The van der Waals surface area contributed by atoms with Gasteiger partial charge in [0.25, 0.3) is 0 Å². The summed E-state index contributed by atoms with van der Waals surface area (Å²) >= 11 is 4.87. The number of benzene rings is 7. The number of H-pyrrole nitrogens is 3. The van der Waals surface area contributed by atoms with E-state index in [0.717, 1.165) is 60.5 Å². The standard InChI is InChI=1S/C45H21N3O3S3/c49-40-25-16-13-22-19-7-1-4-10-28(19)52-43(22)34(25)46-37-31(40)38-33(42(51)27-18-15-24-21-9-3-6-12-30(21)54-45(24)36(27)47-38)39-32(37)41(50)26-17-14-23-20-8-2-5-11-29(20)53-44(23)35(26)48-39/h1-18H,(H,46,49)(H,47,51)(H,48,50). The number of hydrogen-bond acceptors (Lipinski definition) is 6. The normalized spacial score (nSPS) is 12.7. The molecule has 0 fully saturated rings. The van der Waals surface area contributed by atoms with Crippen LogP contribution in [0.15, 0.2) is 124 Å². The number of thiophene rings is 3. The number of nitrogens with one attached hydrogen (secondary N) is 3. The summed E-state index contributed by atoms with van der Waals surface area (Å²) in [6, 6.07) is 36.3. The minimum atomic E-state index is -0.233. The maximum Gasteiger partial charge on any atom is 0.199 e. The maximum absolute atomic E-state index is 15.1. The number of fused-ring (bicyclic) bond motifs is 21. The fraction of sp³-hybridized carbons (Fsp3) is 0. The van der Waals surface area contributed by atoms with Crippen LogP contribution in [0, 0.1) is 0 Å². The van der Waals surface area contributed by atoms with Crippen molar-refractivity contribution < 1.29 is 0 Å². The number of pyridine rings is 3. The lowest BCUT2D eigenvalue weighted by atomic mass is 9.97. The van der Waals surface area contributed by atoms with Gasteiger partial charge in [0.05, 0.1) is 63.4 Å². The summed E-state index contributed by atoms with van der Waals surface area (Å²) in [6.45, 7) is 0. The quantitative estimate of drug-likeness (QED) is 0.106. The molecular weight excluding hydrogens is 727 g/mol. The fourth-order valence-corrected chi connectivity index (χ4v) is 12.5. The van der Waals surface area contributed by atoms with Gasteiger partial charge in [-0.2, -0.15) is 0 Å². The van der Waals surface area contributed by atoms with Crippen LogP contribution >= 0.6 is 34.0 Å². The molecule has 13 aromatic rings. The number of rotatable bonds is 0. The van der Waals surface area contributed by atoms with Gasteiger partial charge in [-0.3, -0.25) is 14.4 Å². The van der Waals surface area contributed by atoms with Gasteiger partial charge in [-0.1, -0.05) is 72.8 Å². The highest BCUT2D eigenvalue weighted by atomic mass is 32.1. The second-order valence-electron chi connectivity index (χ2n) is 14.0. The second-order valence-corrected chi connectivity index (χ2v) is 17.2. The van der Waals surface area contributed by atoms with Gasteiger partial charge in [-0.25, -0.2) is 0 Å². The van der Waals surface area contributed by atoms with Crippen molar-refractivity contribution in [1.29, 1.82) is 0 Å². The average molecular weight is 748 g/mol. The van der Waals surface area contributed by atoms with Crippen LogP contribution in [0.2, 0.25) is 0 Å². The summed E-state index contributed by atoms with van der Waals surface area (Å²) < 4.78 is 6.19. The van der Waals surface area contributed by atoms with Crippen LogP contribution in [0.25, 0.3) is 126 Å². The molecular formula is C45H21N3O3S3. The third-order valence-electron chi connectivity index (χ3n) is 11.3. The van der Waals surface area contributed by atoms with Crippen molar-refractivity contribution in [2.24, 2.45) is 0 Å². The Kier molecular flexibility index (Phi) is 5.38. The first-order valence-electron chi connectivity index (χ1n) is 17.6. The van der Waals surface area contributed by atoms with Gasteiger partial charge in [-0.15, -0.1) is 34.0 Å². The van der Waals surface area contributed by atoms with Crippen LogP contribution in [-0.4, -0.2) is 15.0 Å². The van der Waals surface area contributed by atoms with E-state index < -0.39 is 0 Å². The predicted octanol–water partition coefficient (Wildman–Crippen LogP) is 11.8. The van der Waals surface area contributed by atoms with Crippen molar-refractivity contribution in [2.45, 2.75) is 0 Å². The van der Waals surface area contributed by atoms with E-state index in [-0.39, 0.29) is 16.3 Å². The van der Waals surface area contributed by atoms with Crippen molar-refractivity contribution in [3.8, 4) is 0 Å². The van der Waals surface area contributed by atoms with E-state index >= 15 is 14.4 Å². The monoisotopic (exact) mass is 747 g/mol. The highest BCUT2D eigenvalue weighted by molar-refractivity contribution is 7.27. The molecule has 54 heavy (non-hydrogen) atoms. The molecule has 0 atom stereocenters. The molecule has 0 aliphatic rings. The number of aromatic amines is 3. The molecule has 13 rings (SSSR count). The molecule has 3 N–H and O–H groups in total. The van der Waals surface area contributed by atoms with Crippen LogP contribution in [-0.2, 0) is 0 Å². The molecule has 0 saturated heterocycles. The Morgan fingerprint density at radius 3 is 0.889 bits per heavy atom. The van der Waals surface area contributed by atoms with Crippen molar-refractivity contribution in [3.05, 3.63) is 140 Å². The summed E-state index contributed by atoms with van der Waals surface area (Å²) in [5.41, 5.74) is 2.59. The van der Waals surface area contributed by atoms with Gasteiger partial charge >= 0.3 is 0 Å². The van der Waals surface area contributed by atoms with Crippen LogP contribution in [0.5, 0.6) is 0 Å². The Labute approximate surface area is 313 Å². The Balaban J connectivity index is 1.31. The minimum absolute atomic E-state index is 0.233. The van der Waals surface area contributed by atoms with E-state index in [0.29, 0.717) is 65.4 Å². The van der Waals surface area contributed by atoms with Gasteiger partial charge in [-0.05, 0) is 36.4 Å². The Morgan fingerprint density at radius 1 is 0.296 bits per heavy atom. The average Bonchev–Trinajstić information content (AvgIpc) is 3.90. The van der Waals surface area contributed by atoms with Crippen LogP contribution in [0.3, 0.4) is 0 Å². The van der Waals surface area contributed by atoms with E-state index in [1.807, 2.05) is 72.8 Å². The van der Waals surface area contributed by atoms with Gasteiger partial charge in [0, 0.05) is 62.6 Å². The van der Waals surface area contributed by atoms with Crippen molar-refractivity contribution in [1.82, 2.24) is 15.0 Å². The molecule has 252 valence electrons. The fourth-order valence-electron chi connectivity index (χ4n) is 8.89. The van der Waals surface area contributed by atoms with Gasteiger partial charge < -0.3 is 15.0 Å². The molecule has 0 radical (unpaired) electrons. The molecule has 6 nitrogen and oxygen atoms in total. The SMILES string of the molecule is O=c1c2ccc3c4ccccc4sc3c2[nH]c2c1c1[nH]c3c(ccc4c5ccccc5sc43)c(=O)c1c1[nH]c3c(ccc4c5ccccc5sc43)c(=O)c21. The summed E-state index contributed by atoms with van der Waals surface area (Å²) in [6.07, 6.45) is 0. The van der Waals surface area contributed by atoms with Crippen LogP contribution in [0.1, 0.15) is 0 Å². The molecule has 6 heterocycles. The molecule has 0 aliphatic heterocycles. The molecule has 0 bridgehead atoms. The Morgan fingerprint density at radius 2 is 0.574 bits per heavy atom. The first kappa shape index (κ1) is 29.1. The maximum atomic E-state index is 15.1. The Bertz CT molecular complexity index is 3650. The lowest BCUT2D eigenvalue weighted by Crippen LogP contribution is -2.15. The Hall–Kier alpha value is -6.39. The highest BCUT2D eigenvalue weighted by Crippen LogP contribution is 2.42. The van der Waals surface area contributed by atoms with Gasteiger partial charge in [0.15, 0.2) is 16.3 Å². The summed E-state index contributed by atoms with van der Waals surface area (Å²) in [7, 11) is 0. The van der Waals surface area contributed by atoms with E-state index in [1.54, 1.807) is 34.0 Å². The summed E-state index contributed by atoms with van der Waals surface area (Å²) in [4.78, 5) is 56.1. The number of aromatic nitrogens is 3. The largest absolute Gasteiger partial charge is 0.352 e. The molecule has 7 aromatic carbocycles. The van der Waals surface area contributed by atoms with Gasteiger partial charge in [0.2, 0.25) is 0 Å². The molecule has 0 saturated carbocycles. The van der Waals surface area contributed by atoms with Crippen molar-refractivity contribution in [3.63, 3.8) is 0 Å². The molecule has 0 aliphatic carbocycles. The zero-order valence-corrected chi connectivity index (χ0v) is 30.3. The second kappa shape index (κ2) is 9.97. The first-order valence-corrected chi connectivity index (χ1v) is 20.0. The molecule has 6 aromatic heterocycles. The van der Waals surface area contributed by atoms with Gasteiger partial charge in [0.1, 0.15) is 0 Å². The minimum Gasteiger partial charge on any atom is -0.352 e. The third-order valence-corrected chi connectivity index (χ3v) is 14.9. The van der Waals surface area contributed by atoms with E-state index in [9.17, 15) is 0 Å². The van der Waals surface area contributed by atoms with E-state index in [1.165, 1.54) is 0 Å². The molecule has 0 amide bonds. The lowest BCUT2D eigenvalue weighted by molar-refractivity contribution is 1.46. The summed E-state index contributed by atoms with van der Waals surface area (Å²) in [5, 5.41) is 8.89. The topological polar surface area (TPSA) is 98.6 Å². The predicted molar refractivity (Wildman–Crippen MR) is 232 cm³/mol. The zero-order chi connectivity index (χ0) is 35.6. The van der Waals surface area contributed by atoms with Crippen LogP contribution < -0.4 is 16.3 Å². The third kappa shape index (κ3) is 3.48. The summed E-state index contributed by atoms with van der Waals surface area (Å²) in [5.74, 6) is 0. The smallest absolute Gasteiger partial charge is 0.199 e. The zero-order valence-electron chi connectivity index (χ0n) is 27.8. The van der Waals surface area contributed by atoms with Crippen molar-refractivity contribution in [2.75, 3.05) is 0 Å². The van der Waals surface area contributed by atoms with Crippen molar-refractivity contribution >= 4 is 160 Å². The lowest BCUT2D eigenvalue weighted by Gasteiger charge is -2.14. The number of hydrogen-bond donors (Lipinski definition) is 3. The molecule has 0 spiro atoms. The molecule has 0 unspecified atom stereocenters.